The van der Waals surface area contributed by atoms with Crippen LogP contribution in [0.5, 0.6) is 0 Å². The van der Waals surface area contributed by atoms with Crippen molar-refractivity contribution in [2.24, 2.45) is 0 Å². The maximum absolute atomic E-state index is 5.97. The van der Waals surface area contributed by atoms with E-state index < -0.39 is 0 Å². The molecule has 0 radical (unpaired) electrons. The first-order chi connectivity index (χ1) is 17.1. The minimum Gasteiger partial charge on any atom is -0.446 e. The molecule has 2 aromatic rings. The second-order valence-electron chi connectivity index (χ2n) is 10.6. The van der Waals surface area contributed by atoms with Gasteiger partial charge in [-0.1, -0.05) is 117 Å². The highest BCUT2D eigenvalue weighted by Gasteiger charge is 2.15. The van der Waals surface area contributed by atoms with E-state index in [1.165, 1.54) is 116 Å². The summed E-state index contributed by atoms with van der Waals surface area (Å²) in [5.41, 5.74) is 2.03. The highest BCUT2D eigenvalue weighted by molar-refractivity contribution is 5.20. The molecule has 0 N–H and O–H groups in total. The lowest BCUT2D eigenvalue weighted by Gasteiger charge is -2.00. The van der Waals surface area contributed by atoms with Crippen molar-refractivity contribution in [2.45, 2.75) is 163 Å². The van der Waals surface area contributed by atoms with Gasteiger partial charge in [0.25, 0.3) is 0 Å². The first kappa shape index (κ1) is 29.6. The zero-order chi connectivity index (χ0) is 25.1. The summed E-state index contributed by atoms with van der Waals surface area (Å²) in [6, 6.07) is 0. The first-order valence-electron chi connectivity index (χ1n) is 15.0. The molecule has 0 saturated carbocycles. The predicted octanol–water partition coefficient (Wildman–Crippen LogP) is 10.0. The van der Waals surface area contributed by atoms with Gasteiger partial charge in [0, 0.05) is 19.3 Å². The fourth-order valence-electron chi connectivity index (χ4n) is 4.85. The summed E-state index contributed by atoms with van der Waals surface area (Å²) in [6.45, 7) is 8.61. The summed E-state index contributed by atoms with van der Waals surface area (Å²) in [5, 5.41) is 0. The Morgan fingerprint density at radius 2 is 0.771 bits per heavy atom. The van der Waals surface area contributed by atoms with E-state index in [1.807, 2.05) is 13.8 Å². The molecule has 0 aliphatic carbocycles. The van der Waals surface area contributed by atoms with E-state index in [9.17, 15) is 0 Å². The van der Waals surface area contributed by atoms with Gasteiger partial charge in [-0.05, 0) is 26.7 Å². The van der Waals surface area contributed by atoms with Crippen LogP contribution in [0.25, 0.3) is 0 Å². The minimum atomic E-state index is 0.709. The van der Waals surface area contributed by atoms with Crippen molar-refractivity contribution in [2.75, 3.05) is 0 Å². The van der Waals surface area contributed by atoms with E-state index in [0.29, 0.717) is 6.42 Å². The van der Waals surface area contributed by atoms with E-state index in [0.717, 1.165) is 47.5 Å². The molecule has 4 heteroatoms. The summed E-state index contributed by atoms with van der Waals surface area (Å²) < 4.78 is 11.9. The van der Waals surface area contributed by atoms with Gasteiger partial charge < -0.3 is 8.83 Å². The molecule has 4 nitrogen and oxygen atoms in total. The number of nitrogens with zero attached hydrogens (tertiary/aromatic N) is 2. The number of aryl methyl sites for hydroxylation is 4. The third kappa shape index (κ3) is 12.8. The number of aromatic nitrogens is 2. The standard InChI is InChI=1S/C31H54N2O2/c1-5-7-9-11-13-15-17-19-21-23-30-32-28(26(3)34-30)25-29-27(4)35-31(33-29)24-22-20-18-16-14-12-10-8-6-2/h5-25H2,1-4H3. The summed E-state index contributed by atoms with van der Waals surface area (Å²) in [5.74, 6) is 3.63. The lowest BCUT2D eigenvalue weighted by atomic mass is 10.1. The average molecular weight is 487 g/mol. The molecule has 0 unspecified atom stereocenters. The molecular formula is C31H54N2O2. The Labute approximate surface area is 216 Å². The van der Waals surface area contributed by atoms with Crippen LogP contribution in [0.2, 0.25) is 0 Å². The monoisotopic (exact) mass is 486 g/mol. The first-order valence-corrected chi connectivity index (χ1v) is 15.0. The van der Waals surface area contributed by atoms with Crippen LogP contribution in [-0.4, -0.2) is 9.97 Å². The number of hydrogen-bond donors (Lipinski definition) is 0. The van der Waals surface area contributed by atoms with Crippen molar-refractivity contribution in [3.8, 4) is 0 Å². The number of hydrogen-bond acceptors (Lipinski definition) is 4. The average Bonchev–Trinajstić information content (AvgIpc) is 3.38. The number of unbranched alkanes of at least 4 members (excludes halogenated alkanes) is 16. The normalized spacial score (nSPS) is 11.5. The maximum atomic E-state index is 5.97. The van der Waals surface area contributed by atoms with Gasteiger partial charge in [-0.15, -0.1) is 0 Å². The van der Waals surface area contributed by atoms with Gasteiger partial charge in [-0.2, -0.15) is 0 Å². The molecule has 0 bridgehead atoms. The Kier molecular flexibility index (Phi) is 15.8. The molecule has 0 aliphatic rings. The van der Waals surface area contributed by atoms with E-state index in [2.05, 4.69) is 13.8 Å². The molecule has 0 aliphatic heterocycles. The Morgan fingerprint density at radius 1 is 0.457 bits per heavy atom. The van der Waals surface area contributed by atoms with Crippen LogP contribution in [0.15, 0.2) is 8.83 Å². The Hall–Kier alpha value is -1.58. The molecule has 35 heavy (non-hydrogen) atoms. The summed E-state index contributed by atoms with van der Waals surface area (Å²) in [6.07, 6.45) is 26.7. The van der Waals surface area contributed by atoms with Crippen LogP contribution in [0, 0.1) is 13.8 Å². The van der Waals surface area contributed by atoms with Crippen molar-refractivity contribution in [3.63, 3.8) is 0 Å². The lowest BCUT2D eigenvalue weighted by molar-refractivity contribution is 0.456. The molecule has 0 atom stereocenters. The molecule has 2 rings (SSSR count). The van der Waals surface area contributed by atoms with Gasteiger partial charge in [0.2, 0.25) is 0 Å². The molecule has 0 saturated heterocycles. The third-order valence-electron chi connectivity index (χ3n) is 7.20. The number of rotatable bonds is 22. The minimum absolute atomic E-state index is 0.709. The third-order valence-corrected chi connectivity index (χ3v) is 7.20. The van der Waals surface area contributed by atoms with Crippen LogP contribution in [0.3, 0.4) is 0 Å². The largest absolute Gasteiger partial charge is 0.446 e. The molecule has 0 spiro atoms. The van der Waals surface area contributed by atoms with Gasteiger partial charge in [-0.3, -0.25) is 0 Å². The van der Waals surface area contributed by atoms with E-state index in [1.54, 1.807) is 0 Å². The zero-order valence-corrected chi connectivity index (χ0v) is 23.6. The summed E-state index contributed by atoms with van der Waals surface area (Å²) in [7, 11) is 0. The zero-order valence-electron chi connectivity index (χ0n) is 23.6. The molecule has 0 fully saturated rings. The fourth-order valence-corrected chi connectivity index (χ4v) is 4.85. The second-order valence-corrected chi connectivity index (χ2v) is 10.6. The predicted molar refractivity (Wildman–Crippen MR) is 147 cm³/mol. The molecule has 0 aromatic carbocycles. The highest BCUT2D eigenvalue weighted by Crippen LogP contribution is 2.20. The molecule has 0 amide bonds. The van der Waals surface area contributed by atoms with E-state index in [4.69, 9.17) is 18.8 Å². The van der Waals surface area contributed by atoms with Gasteiger partial charge in [0.1, 0.15) is 11.5 Å². The molecule has 2 aromatic heterocycles. The van der Waals surface area contributed by atoms with Crippen molar-refractivity contribution in [1.82, 2.24) is 9.97 Å². The topological polar surface area (TPSA) is 52.1 Å². The van der Waals surface area contributed by atoms with Gasteiger partial charge >= 0.3 is 0 Å². The number of oxazole rings is 2. The Balaban J connectivity index is 1.63. The van der Waals surface area contributed by atoms with E-state index >= 15 is 0 Å². The Morgan fingerprint density at radius 3 is 1.11 bits per heavy atom. The van der Waals surface area contributed by atoms with Crippen molar-refractivity contribution in [1.29, 1.82) is 0 Å². The van der Waals surface area contributed by atoms with Crippen LogP contribution < -0.4 is 0 Å². The second kappa shape index (κ2) is 18.7. The summed E-state index contributed by atoms with van der Waals surface area (Å²) >= 11 is 0. The summed E-state index contributed by atoms with van der Waals surface area (Å²) in [4.78, 5) is 9.59. The van der Waals surface area contributed by atoms with Crippen LogP contribution in [0.1, 0.15) is 164 Å². The fraction of sp³-hybridized carbons (Fsp3) is 0.806. The van der Waals surface area contributed by atoms with Crippen molar-refractivity contribution >= 4 is 0 Å². The van der Waals surface area contributed by atoms with Crippen LogP contribution >= 0.6 is 0 Å². The van der Waals surface area contributed by atoms with Crippen molar-refractivity contribution < 1.29 is 8.83 Å². The highest BCUT2D eigenvalue weighted by atomic mass is 16.4. The quantitative estimate of drug-likeness (QED) is 0.155. The maximum Gasteiger partial charge on any atom is 0.194 e. The van der Waals surface area contributed by atoms with Crippen LogP contribution in [-0.2, 0) is 19.3 Å². The lowest BCUT2D eigenvalue weighted by Crippen LogP contribution is -1.95. The molecule has 200 valence electrons. The Bertz CT molecular complexity index is 713. The van der Waals surface area contributed by atoms with Gasteiger partial charge in [-0.25, -0.2) is 9.97 Å². The van der Waals surface area contributed by atoms with Crippen LogP contribution in [0.4, 0.5) is 0 Å². The van der Waals surface area contributed by atoms with Crippen molar-refractivity contribution in [3.05, 3.63) is 34.7 Å². The van der Waals surface area contributed by atoms with E-state index in [-0.39, 0.29) is 0 Å². The molecule has 2 heterocycles. The van der Waals surface area contributed by atoms with Gasteiger partial charge in [0.15, 0.2) is 11.8 Å². The smallest absolute Gasteiger partial charge is 0.194 e. The van der Waals surface area contributed by atoms with Gasteiger partial charge in [0.05, 0.1) is 11.4 Å². The SMILES string of the molecule is CCCCCCCCCCCc1nc(Cc2nc(CCCCCCCCCCC)oc2C)c(C)o1. The molecular weight excluding hydrogens is 432 g/mol.